The molecule has 0 atom stereocenters. The second kappa shape index (κ2) is 12.7. The normalized spacial score (nSPS) is 10.6. The number of nitrogens with one attached hydrogen (secondary N) is 1. The molecule has 0 bridgehead atoms. The Morgan fingerprint density at radius 1 is 0.763 bits per heavy atom. The predicted molar refractivity (Wildman–Crippen MR) is 144 cm³/mol. The van der Waals surface area contributed by atoms with Crippen LogP contribution in [0.1, 0.15) is 15.9 Å². The molecule has 0 saturated heterocycles. The van der Waals surface area contributed by atoms with Gasteiger partial charge in [0.15, 0.2) is 18.1 Å². The molecule has 4 aromatic rings. The molecule has 4 aromatic carbocycles. The van der Waals surface area contributed by atoms with E-state index in [1.807, 2.05) is 54.6 Å². The van der Waals surface area contributed by atoms with E-state index < -0.39 is 11.9 Å². The van der Waals surface area contributed by atoms with Crippen LogP contribution < -0.4 is 24.4 Å². The molecule has 0 aromatic heterocycles. The highest BCUT2D eigenvalue weighted by atomic mass is 16.5. The van der Waals surface area contributed by atoms with Crippen LogP contribution in [0.25, 0.3) is 11.1 Å². The summed E-state index contributed by atoms with van der Waals surface area (Å²) in [6.07, 6.45) is 1.48. The van der Waals surface area contributed by atoms with Crippen LogP contribution in [0.15, 0.2) is 102 Å². The lowest BCUT2D eigenvalue weighted by molar-refractivity contribution is -0.123. The van der Waals surface area contributed by atoms with Gasteiger partial charge in [-0.05, 0) is 71.3 Å². The first kappa shape index (κ1) is 26.0. The summed E-state index contributed by atoms with van der Waals surface area (Å²) in [5.41, 5.74) is 5.62. The Morgan fingerprint density at radius 3 is 2.11 bits per heavy atom. The zero-order chi connectivity index (χ0) is 26.7. The number of esters is 1. The van der Waals surface area contributed by atoms with Gasteiger partial charge in [0.25, 0.3) is 5.91 Å². The van der Waals surface area contributed by atoms with Gasteiger partial charge >= 0.3 is 5.97 Å². The van der Waals surface area contributed by atoms with Crippen molar-refractivity contribution in [1.29, 1.82) is 0 Å². The summed E-state index contributed by atoms with van der Waals surface area (Å²) < 4.78 is 21.3. The minimum atomic E-state index is -0.533. The van der Waals surface area contributed by atoms with Gasteiger partial charge < -0.3 is 18.9 Å². The largest absolute Gasteiger partial charge is 0.493 e. The van der Waals surface area contributed by atoms with E-state index in [2.05, 4.69) is 10.5 Å². The third-order valence-electron chi connectivity index (χ3n) is 5.44. The van der Waals surface area contributed by atoms with Crippen LogP contribution in [-0.2, 0) is 4.79 Å². The van der Waals surface area contributed by atoms with E-state index in [1.165, 1.54) is 20.4 Å². The number of amides is 1. The van der Waals surface area contributed by atoms with Gasteiger partial charge in [-0.15, -0.1) is 0 Å². The van der Waals surface area contributed by atoms with E-state index in [1.54, 1.807) is 42.5 Å². The monoisotopic (exact) mass is 510 g/mol. The fourth-order valence-electron chi connectivity index (χ4n) is 3.49. The second-order valence-corrected chi connectivity index (χ2v) is 8.00. The summed E-state index contributed by atoms with van der Waals surface area (Å²) in [4.78, 5) is 24.5. The molecule has 0 aliphatic heterocycles. The van der Waals surface area contributed by atoms with Gasteiger partial charge in [-0.3, -0.25) is 4.79 Å². The molecule has 0 aliphatic rings. The number of methoxy groups -OCH3 is 2. The van der Waals surface area contributed by atoms with E-state index in [9.17, 15) is 9.59 Å². The van der Waals surface area contributed by atoms with Crippen LogP contribution in [-0.4, -0.2) is 38.9 Å². The van der Waals surface area contributed by atoms with E-state index in [0.29, 0.717) is 34.1 Å². The quantitative estimate of drug-likeness (QED) is 0.138. The number of hydrogen-bond acceptors (Lipinski definition) is 7. The highest BCUT2D eigenvalue weighted by molar-refractivity contribution is 5.92. The van der Waals surface area contributed by atoms with Crippen molar-refractivity contribution in [3.8, 4) is 34.1 Å². The van der Waals surface area contributed by atoms with Gasteiger partial charge in [0.2, 0.25) is 0 Å². The number of benzene rings is 4. The van der Waals surface area contributed by atoms with Crippen LogP contribution in [0.2, 0.25) is 0 Å². The molecule has 0 fully saturated rings. The van der Waals surface area contributed by atoms with E-state index in [-0.39, 0.29) is 6.61 Å². The van der Waals surface area contributed by atoms with Gasteiger partial charge in [-0.25, -0.2) is 10.2 Å². The van der Waals surface area contributed by atoms with Crippen molar-refractivity contribution in [3.05, 3.63) is 108 Å². The van der Waals surface area contributed by atoms with Crippen molar-refractivity contribution < 1.29 is 28.5 Å². The number of carbonyl (C=O) groups excluding carboxylic acids is 2. The Balaban J connectivity index is 1.23. The van der Waals surface area contributed by atoms with E-state index in [0.717, 1.165) is 11.1 Å². The van der Waals surface area contributed by atoms with Crippen molar-refractivity contribution >= 4 is 18.1 Å². The first-order chi connectivity index (χ1) is 18.6. The van der Waals surface area contributed by atoms with Crippen molar-refractivity contribution in [2.75, 3.05) is 20.8 Å². The molecule has 0 spiro atoms. The molecule has 0 heterocycles. The Labute approximate surface area is 220 Å². The zero-order valence-corrected chi connectivity index (χ0v) is 20.9. The lowest BCUT2D eigenvalue weighted by atomic mass is 10.1. The Bertz CT molecular complexity index is 1400. The SMILES string of the molecule is COc1ccc(C(=O)Oc2ccc(/C=N/NC(=O)COc3ccc(-c4ccccc4)cc3)cc2)cc1OC. The average Bonchev–Trinajstić information content (AvgIpc) is 2.97. The highest BCUT2D eigenvalue weighted by Crippen LogP contribution is 2.28. The van der Waals surface area contributed by atoms with Crippen LogP contribution in [0, 0.1) is 0 Å². The third-order valence-corrected chi connectivity index (χ3v) is 5.44. The van der Waals surface area contributed by atoms with Gasteiger partial charge in [-0.1, -0.05) is 42.5 Å². The number of hydrogen-bond donors (Lipinski definition) is 1. The van der Waals surface area contributed by atoms with Gasteiger partial charge in [0, 0.05) is 0 Å². The fourth-order valence-corrected chi connectivity index (χ4v) is 3.49. The van der Waals surface area contributed by atoms with E-state index >= 15 is 0 Å². The average molecular weight is 511 g/mol. The smallest absolute Gasteiger partial charge is 0.343 e. The maximum absolute atomic E-state index is 12.5. The summed E-state index contributed by atoms with van der Waals surface area (Å²) in [7, 11) is 3.01. The molecule has 8 heteroatoms. The molecule has 0 aliphatic carbocycles. The Morgan fingerprint density at radius 2 is 1.42 bits per heavy atom. The molecule has 0 saturated carbocycles. The van der Waals surface area contributed by atoms with Crippen molar-refractivity contribution in [2.45, 2.75) is 0 Å². The maximum Gasteiger partial charge on any atom is 0.343 e. The molecule has 192 valence electrons. The van der Waals surface area contributed by atoms with Gasteiger partial charge in [0.1, 0.15) is 11.5 Å². The number of ether oxygens (including phenoxy) is 4. The Kier molecular flexibility index (Phi) is 8.70. The summed E-state index contributed by atoms with van der Waals surface area (Å²) in [6, 6.07) is 29.0. The highest BCUT2D eigenvalue weighted by Gasteiger charge is 2.13. The first-order valence-electron chi connectivity index (χ1n) is 11.7. The molecule has 8 nitrogen and oxygen atoms in total. The third kappa shape index (κ3) is 6.98. The topological polar surface area (TPSA) is 95.5 Å². The van der Waals surface area contributed by atoms with Crippen molar-refractivity contribution in [1.82, 2.24) is 5.43 Å². The lowest BCUT2D eigenvalue weighted by Gasteiger charge is -2.09. The van der Waals surface area contributed by atoms with Crippen LogP contribution in [0.5, 0.6) is 23.0 Å². The molecular weight excluding hydrogens is 484 g/mol. The summed E-state index contributed by atoms with van der Waals surface area (Å²) in [5.74, 6) is 0.966. The lowest BCUT2D eigenvalue weighted by Crippen LogP contribution is -2.24. The summed E-state index contributed by atoms with van der Waals surface area (Å²) in [5, 5.41) is 3.94. The minimum absolute atomic E-state index is 0.174. The second-order valence-electron chi connectivity index (χ2n) is 8.00. The summed E-state index contributed by atoms with van der Waals surface area (Å²) >= 11 is 0. The van der Waals surface area contributed by atoms with Gasteiger partial charge in [0.05, 0.1) is 26.0 Å². The molecule has 0 unspecified atom stereocenters. The van der Waals surface area contributed by atoms with Crippen molar-refractivity contribution in [2.24, 2.45) is 5.10 Å². The number of nitrogens with zero attached hydrogens (tertiary/aromatic N) is 1. The molecule has 38 heavy (non-hydrogen) atoms. The standard InChI is InChI=1S/C30H26N2O6/c1-35-27-17-12-24(18-28(27)36-2)30(34)38-26-13-8-21(9-14-26)19-31-32-29(33)20-37-25-15-10-23(11-16-25)22-6-4-3-5-7-22/h3-19H,20H2,1-2H3,(H,32,33)/b31-19+. The molecular formula is C30H26N2O6. The van der Waals surface area contributed by atoms with Crippen LogP contribution in [0.4, 0.5) is 0 Å². The van der Waals surface area contributed by atoms with E-state index in [4.69, 9.17) is 18.9 Å². The first-order valence-corrected chi connectivity index (χ1v) is 11.7. The molecule has 4 rings (SSSR count). The number of hydrazone groups is 1. The zero-order valence-electron chi connectivity index (χ0n) is 20.9. The Hall–Kier alpha value is -5.11. The summed E-state index contributed by atoms with van der Waals surface area (Å²) in [6.45, 7) is -0.174. The van der Waals surface area contributed by atoms with Crippen LogP contribution in [0.3, 0.4) is 0 Å². The number of carbonyl (C=O) groups is 2. The fraction of sp³-hybridized carbons (Fsp3) is 0.100. The minimum Gasteiger partial charge on any atom is -0.493 e. The number of rotatable bonds is 10. The molecule has 0 radical (unpaired) electrons. The predicted octanol–water partition coefficient (Wildman–Crippen LogP) is 5.12. The van der Waals surface area contributed by atoms with Gasteiger partial charge in [-0.2, -0.15) is 5.10 Å². The van der Waals surface area contributed by atoms with Crippen LogP contribution >= 0.6 is 0 Å². The maximum atomic E-state index is 12.5. The molecule has 1 amide bonds. The molecule has 1 N–H and O–H groups in total. The van der Waals surface area contributed by atoms with Crippen molar-refractivity contribution in [3.63, 3.8) is 0 Å².